The molecule has 1 saturated carbocycles. The van der Waals surface area contributed by atoms with Gasteiger partial charge in [0, 0.05) is 18.4 Å². The van der Waals surface area contributed by atoms with Crippen LogP contribution in [0.1, 0.15) is 114 Å². The third-order valence-electron chi connectivity index (χ3n) is 11.1. The zero-order valence-corrected chi connectivity index (χ0v) is 37.3. The van der Waals surface area contributed by atoms with Gasteiger partial charge < -0.3 is 29.3 Å². The lowest BCUT2D eigenvalue weighted by Crippen LogP contribution is -2.64. The number of hydrogen-bond donors (Lipinski definition) is 2. The lowest BCUT2D eigenvalue weighted by molar-refractivity contribution is -0.391. The lowest BCUT2D eigenvalue weighted by atomic mass is 9.66. The summed E-state index contributed by atoms with van der Waals surface area (Å²) in [5.74, 6) is -16.2. The predicted molar refractivity (Wildman–Crippen MR) is 198 cm³/mol. The van der Waals surface area contributed by atoms with E-state index in [1.54, 1.807) is 13.8 Å². The van der Waals surface area contributed by atoms with E-state index in [0.717, 1.165) is 13.0 Å². The van der Waals surface area contributed by atoms with Gasteiger partial charge in [-0.05, 0) is 101 Å². The van der Waals surface area contributed by atoms with Crippen LogP contribution in [0.2, 0.25) is 0 Å². The van der Waals surface area contributed by atoms with Gasteiger partial charge in [-0.2, -0.15) is 39.5 Å². The Morgan fingerprint density at radius 1 is 0.603 bits per heavy atom. The van der Waals surface area contributed by atoms with Crippen molar-refractivity contribution in [1.29, 1.82) is 0 Å². The summed E-state index contributed by atoms with van der Waals surface area (Å²) in [6.45, 7) is 14.4. The van der Waals surface area contributed by atoms with Crippen LogP contribution in [-0.2, 0) is 28.6 Å². The van der Waals surface area contributed by atoms with Crippen molar-refractivity contribution in [2.75, 3.05) is 33.9 Å². The smallest absolute Gasteiger partial charge is 0.426 e. The van der Waals surface area contributed by atoms with Gasteiger partial charge in [0.05, 0.1) is 22.7 Å². The molecule has 1 rings (SSSR count). The second-order valence-corrected chi connectivity index (χ2v) is 17.9. The monoisotopic (exact) mass is 957 g/mol. The number of hydrogen-bond acceptors (Lipinski definition) is 9. The fourth-order valence-corrected chi connectivity index (χ4v) is 5.12. The van der Waals surface area contributed by atoms with Crippen LogP contribution < -0.4 is 0 Å². The first-order chi connectivity index (χ1) is 27.8. The Hall–Kier alpha value is -2.76. The first-order valence-corrected chi connectivity index (χ1v) is 19.6. The van der Waals surface area contributed by atoms with Crippen molar-refractivity contribution in [3.63, 3.8) is 0 Å². The summed E-state index contributed by atoms with van der Waals surface area (Å²) in [6.07, 6.45) is -28.5. The molecular weight excluding hydrogens is 895 g/mol. The van der Waals surface area contributed by atoms with Gasteiger partial charge in [0.2, 0.25) is 0 Å². The van der Waals surface area contributed by atoms with E-state index in [1.165, 1.54) is 27.7 Å². The number of nitrogens with zero attached hydrogens (tertiary/aromatic N) is 1. The molecule has 0 saturated heterocycles. The van der Waals surface area contributed by atoms with E-state index in [4.69, 9.17) is 9.47 Å². The highest BCUT2D eigenvalue weighted by molar-refractivity contribution is 5.76. The van der Waals surface area contributed by atoms with Gasteiger partial charge in [0.1, 0.15) is 12.7 Å². The highest BCUT2D eigenvalue weighted by atomic mass is 19.4. The highest BCUT2D eigenvalue weighted by Crippen LogP contribution is 2.55. The molecule has 63 heavy (non-hydrogen) atoms. The summed E-state index contributed by atoms with van der Waals surface area (Å²) in [4.78, 5) is 37.0. The summed E-state index contributed by atoms with van der Waals surface area (Å²) in [5.41, 5.74) is -11.6. The molecule has 9 nitrogen and oxygen atoms in total. The first-order valence-electron chi connectivity index (χ1n) is 19.6. The van der Waals surface area contributed by atoms with Crippen LogP contribution in [0, 0.1) is 28.1 Å². The van der Waals surface area contributed by atoms with E-state index in [1.807, 2.05) is 39.8 Å². The quantitative estimate of drug-likeness (QED) is 0.0834. The Balaban J connectivity index is 0. The van der Waals surface area contributed by atoms with Crippen LogP contribution in [0.3, 0.4) is 0 Å². The molecular formula is C39H62F15NO8. The minimum atomic E-state index is -6.28. The number of likely N-dealkylation sites (N-methyl/N-ethyl adjacent to an activating group) is 1. The molecule has 0 radical (unpaired) electrons. The van der Waals surface area contributed by atoms with Crippen molar-refractivity contribution in [3.8, 4) is 0 Å². The van der Waals surface area contributed by atoms with E-state index in [9.17, 15) is 90.5 Å². The normalized spacial score (nSPS) is 19.6. The molecule has 0 heterocycles. The molecule has 0 amide bonds. The molecule has 0 aromatic rings. The van der Waals surface area contributed by atoms with Gasteiger partial charge in [0.15, 0.2) is 12.2 Å². The largest absolute Gasteiger partial charge is 0.464 e. The maximum Gasteiger partial charge on any atom is 0.426 e. The number of ether oxygens (including phenoxy) is 3. The van der Waals surface area contributed by atoms with Crippen molar-refractivity contribution in [3.05, 3.63) is 0 Å². The van der Waals surface area contributed by atoms with E-state index in [2.05, 4.69) is 4.74 Å². The minimum Gasteiger partial charge on any atom is -0.464 e. The van der Waals surface area contributed by atoms with Gasteiger partial charge in [0.25, 0.3) is 11.5 Å². The Kier molecular flexibility index (Phi) is 22.4. The van der Waals surface area contributed by atoms with Crippen molar-refractivity contribution in [1.82, 2.24) is 4.90 Å². The van der Waals surface area contributed by atoms with Gasteiger partial charge in [-0.25, -0.2) is 26.3 Å². The average Bonchev–Trinajstić information content (AvgIpc) is 3.11. The van der Waals surface area contributed by atoms with Crippen molar-refractivity contribution >= 4 is 17.9 Å². The molecule has 1 aliphatic carbocycles. The molecule has 376 valence electrons. The standard InChI is InChI=1S/C18H25F9O4.C11H16F6O2.C10H21NO2/c1-5-13(2,3)12(28)31-11-7-9(14(4,29)16(19,20)21)6-10(8-11)15(30,17(22,23)24)18(25,26)27;1-4-9(2,3)8(18)19-6-10(14,15)5-11(16,17)7(12)13;1-6-10(2,3)9(12)13-8-7-11(4)5/h9-11,29-30H,5-8H2,1-4H3;7H,4-6H2,1-3H3;6-8H2,1-5H3. The second-order valence-electron chi connectivity index (χ2n) is 17.9. The highest BCUT2D eigenvalue weighted by Gasteiger charge is 2.75. The molecule has 0 bridgehead atoms. The third-order valence-corrected chi connectivity index (χ3v) is 11.1. The molecule has 0 aromatic heterocycles. The van der Waals surface area contributed by atoms with Crippen LogP contribution >= 0.6 is 0 Å². The van der Waals surface area contributed by atoms with Gasteiger partial charge in [-0.3, -0.25) is 14.4 Å². The van der Waals surface area contributed by atoms with Crippen molar-refractivity contribution in [2.24, 2.45) is 28.1 Å². The number of aliphatic hydroxyl groups is 2. The fourth-order valence-electron chi connectivity index (χ4n) is 5.12. The van der Waals surface area contributed by atoms with Crippen LogP contribution in [0.25, 0.3) is 0 Å². The summed E-state index contributed by atoms with van der Waals surface area (Å²) in [5, 5.41) is 19.6. The first kappa shape index (κ1) is 62.3. The number of esters is 3. The molecule has 4 unspecified atom stereocenters. The molecule has 0 aromatic carbocycles. The number of rotatable bonds is 17. The Labute approximate surface area is 357 Å². The van der Waals surface area contributed by atoms with Crippen molar-refractivity contribution < 1.29 is 105 Å². The van der Waals surface area contributed by atoms with Crippen LogP contribution in [-0.4, -0.2) is 121 Å². The molecule has 24 heteroatoms. The number of carbonyl (C=O) groups excluding carboxylic acids is 3. The second kappa shape index (κ2) is 22.6. The lowest BCUT2D eigenvalue weighted by Gasteiger charge is -2.47. The van der Waals surface area contributed by atoms with E-state index in [0.29, 0.717) is 13.0 Å². The zero-order chi connectivity index (χ0) is 50.8. The average molecular weight is 958 g/mol. The topological polar surface area (TPSA) is 123 Å². The van der Waals surface area contributed by atoms with Crippen molar-refractivity contribution in [2.45, 2.75) is 168 Å². The molecule has 1 aliphatic rings. The summed E-state index contributed by atoms with van der Waals surface area (Å²) in [6, 6.07) is 0. The fraction of sp³-hybridized carbons (Fsp3) is 0.923. The molecule has 2 N–H and O–H groups in total. The Morgan fingerprint density at radius 3 is 1.33 bits per heavy atom. The van der Waals surface area contributed by atoms with Gasteiger partial charge >= 0.3 is 48.8 Å². The summed E-state index contributed by atoms with van der Waals surface area (Å²) in [7, 11) is 3.91. The number of halogens is 15. The van der Waals surface area contributed by atoms with E-state index in [-0.39, 0.29) is 24.7 Å². The van der Waals surface area contributed by atoms with Gasteiger partial charge in [-0.15, -0.1) is 0 Å². The van der Waals surface area contributed by atoms with Gasteiger partial charge in [-0.1, -0.05) is 20.8 Å². The molecule has 0 aliphatic heterocycles. The SMILES string of the molecule is CCC(C)(C)C(=O)OC1CC(C(C)(O)C(F)(F)F)CC(C(O)(C(F)(F)F)C(F)(F)F)C1.CCC(C)(C)C(=O)OCC(F)(F)CC(F)(F)C(F)F.CCC(C)(C)C(=O)OCCN(C)C. The van der Waals surface area contributed by atoms with Crippen LogP contribution in [0.5, 0.6) is 0 Å². The zero-order valence-electron chi connectivity index (χ0n) is 37.3. The summed E-state index contributed by atoms with van der Waals surface area (Å²) < 4.78 is 209. The molecule has 0 spiro atoms. The Bertz CT molecular complexity index is 1430. The van der Waals surface area contributed by atoms with Crippen LogP contribution in [0.4, 0.5) is 65.9 Å². The number of alkyl halides is 15. The van der Waals surface area contributed by atoms with Crippen LogP contribution in [0.15, 0.2) is 0 Å². The third kappa shape index (κ3) is 18.2. The minimum absolute atomic E-state index is 0.100. The summed E-state index contributed by atoms with van der Waals surface area (Å²) >= 11 is 0. The maximum atomic E-state index is 13.3. The molecule has 1 fully saturated rings. The predicted octanol–water partition coefficient (Wildman–Crippen LogP) is 10.3. The number of carbonyl (C=O) groups is 3. The van der Waals surface area contributed by atoms with E-state index >= 15 is 0 Å². The maximum absolute atomic E-state index is 13.3. The van der Waals surface area contributed by atoms with E-state index < -0.39 is 121 Å². The Morgan fingerprint density at radius 2 is 0.984 bits per heavy atom. The molecule has 4 atom stereocenters.